The molecule has 2 aromatic carbocycles. The van der Waals surface area contributed by atoms with Gasteiger partial charge < -0.3 is 24.1 Å². The van der Waals surface area contributed by atoms with Gasteiger partial charge in [-0.3, -0.25) is 14.9 Å². The zero-order chi connectivity index (χ0) is 20.3. The van der Waals surface area contributed by atoms with E-state index in [1.165, 1.54) is 33.5 Å². The molecule has 0 unspecified atom stereocenters. The molecule has 3 aromatic rings. The predicted octanol–water partition coefficient (Wildman–Crippen LogP) is 3.21. The highest BCUT2D eigenvalue weighted by Gasteiger charge is 2.15. The normalized spacial score (nSPS) is 10.5. The average Bonchev–Trinajstić information content (AvgIpc) is 3.08. The number of anilines is 1. The van der Waals surface area contributed by atoms with Crippen molar-refractivity contribution in [2.75, 3.05) is 26.6 Å². The Balaban J connectivity index is 1.84. The molecule has 28 heavy (non-hydrogen) atoms. The maximum atomic E-state index is 12.5. The number of nitro benzene ring substituents is 1. The summed E-state index contributed by atoms with van der Waals surface area (Å²) in [6.07, 6.45) is 1.71. The van der Waals surface area contributed by atoms with Gasteiger partial charge in [-0.1, -0.05) is 0 Å². The zero-order valence-electron chi connectivity index (χ0n) is 15.6. The van der Waals surface area contributed by atoms with E-state index < -0.39 is 4.92 Å². The van der Waals surface area contributed by atoms with Crippen LogP contribution in [0.3, 0.4) is 0 Å². The van der Waals surface area contributed by atoms with Crippen LogP contribution in [0.25, 0.3) is 10.9 Å². The van der Waals surface area contributed by atoms with Gasteiger partial charge in [0.1, 0.15) is 6.54 Å². The molecule has 0 spiro atoms. The fraction of sp³-hybridized carbons (Fsp3) is 0.211. The summed E-state index contributed by atoms with van der Waals surface area (Å²) in [5, 5.41) is 14.6. The molecule has 146 valence electrons. The number of nitro groups is 1. The van der Waals surface area contributed by atoms with Crippen LogP contribution in [-0.2, 0) is 11.3 Å². The summed E-state index contributed by atoms with van der Waals surface area (Å²) >= 11 is 0. The van der Waals surface area contributed by atoms with Gasteiger partial charge in [0.15, 0.2) is 11.5 Å². The molecule has 0 saturated carbocycles. The van der Waals surface area contributed by atoms with Gasteiger partial charge in [0.2, 0.25) is 11.7 Å². The van der Waals surface area contributed by atoms with E-state index >= 15 is 0 Å². The van der Waals surface area contributed by atoms with Gasteiger partial charge >= 0.3 is 0 Å². The van der Waals surface area contributed by atoms with E-state index in [1.54, 1.807) is 35.0 Å². The Labute approximate surface area is 160 Å². The van der Waals surface area contributed by atoms with Gasteiger partial charge in [-0.15, -0.1) is 0 Å². The number of rotatable bonds is 7. The summed E-state index contributed by atoms with van der Waals surface area (Å²) in [5.74, 6) is 0.948. The Kier molecular flexibility index (Phi) is 5.35. The third-order valence-corrected chi connectivity index (χ3v) is 4.23. The first-order chi connectivity index (χ1) is 13.5. The van der Waals surface area contributed by atoms with Crippen LogP contribution in [0.2, 0.25) is 0 Å². The molecule has 0 fully saturated rings. The molecular weight excluding hydrogens is 366 g/mol. The molecule has 0 radical (unpaired) electrons. The van der Waals surface area contributed by atoms with Crippen molar-refractivity contribution in [2.24, 2.45) is 0 Å². The van der Waals surface area contributed by atoms with E-state index in [-0.39, 0.29) is 18.1 Å². The van der Waals surface area contributed by atoms with Gasteiger partial charge in [-0.25, -0.2) is 0 Å². The van der Waals surface area contributed by atoms with E-state index in [0.717, 1.165) is 5.39 Å². The Morgan fingerprint density at radius 2 is 1.75 bits per heavy atom. The number of methoxy groups -OCH3 is 3. The second-order valence-electron chi connectivity index (χ2n) is 5.91. The standard InChI is InChI=1S/C19H19N3O6/c1-26-16-8-13(9-17(27-2)19(16)28-3)20-18(23)11-21-7-6-12-4-5-14(22(24)25)10-15(12)21/h4-10H,11H2,1-3H3,(H,20,23). The molecule has 1 aromatic heterocycles. The third kappa shape index (κ3) is 3.68. The van der Waals surface area contributed by atoms with Gasteiger partial charge in [-0.2, -0.15) is 0 Å². The summed E-state index contributed by atoms with van der Waals surface area (Å²) in [6.45, 7) is -0.0126. The molecule has 0 atom stereocenters. The van der Waals surface area contributed by atoms with Gasteiger partial charge in [-0.05, 0) is 12.1 Å². The number of non-ortho nitro benzene ring substituents is 1. The number of ether oxygens (including phenoxy) is 3. The third-order valence-electron chi connectivity index (χ3n) is 4.23. The molecule has 9 nitrogen and oxygen atoms in total. The van der Waals surface area contributed by atoms with Crippen LogP contribution < -0.4 is 19.5 Å². The van der Waals surface area contributed by atoms with Crippen LogP contribution in [-0.4, -0.2) is 36.7 Å². The van der Waals surface area contributed by atoms with Crippen molar-refractivity contribution in [3.05, 3.63) is 52.7 Å². The Hall–Kier alpha value is -3.75. The lowest BCUT2D eigenvalue weighted by atomic mass is 10.2. The van der Waals surface area contributed by atoms with Crippen LogP contribution in [0.4, 0.5) is 11.4 Å². The lowest BCUT2D eigenvalue weighted by Crippen LogP contribution is -2.18. The fourth-order valence-electron chi connectivity index (χ4n) is 2.93. The molecule has 0 aliphatic carbocycles. The van der Waals surface area contributed by atoms with Gasteiger partial charge in [0.25, 0.3) is 5.69 Å². The molecule has 9 heteroatoms. The molecule has 0 aliphatic heterocycles. The zero-order valence-corrected chi connectivity index (χ0v) is 15.6. The molecular formula is C19H19N3O6. The summed E-state index contributed by atoms with van der Waals surface area (Å²) in [4.78, 5) is 23.0. The second-order valence-corrected chi connectivity index (χ2v) is 5.91. The smallest absolute Gasteiger partial charge is 0.271 e. The summed E-state index contributed by atoms with van der Waals surface area (Å²) in [7, 11) is 4.47. The van der Waals surface area contributed by atoms with E-state index in [9.17, 15) is 14.9 Å². The number of nitrogens with one attached hydrogen (secondary N) is 1. The minimum Gasteiger partial charge on any atom is -0.493 e. The molecule has 0 saturated heterocycles. The molecule has 1 N–H and O–H groups in total. The van der Waals surface area contributed by atoms with E-state index in [4.69, 9.17) is 14.2 Å². The van der Waals surface area contributed by atoms with Crippen molar-refractivity contribution < 1.29 is 23.9 Å². The van der Waals surface area contributed by atoms with Crippen molar-refractivity contribution in [1.29, 1.82) is 0 Å². The number of nitrogens with zero attached hydrogens (tertiary/aromatic N) is 2. The maximum absolute atomic E-state index is 12.5. The highest BCUT2D eigenvalue weighted by atomic mass is 16.6. The Morgan fingerprint density at radius 1 is 1.07 bits per heavy atom. The number of benzene rings is 2. The van der Waals surface area contributed by atoms with Crippen LogP contribution in [0, 0.1) is 10.1 Å². The first-order valence-electron chi connectivity index (χ1n) is 8.30. The Bertz CT molecular complexity index is 1020. The van der Waals surface area contributed by atoms with E-state index in [1.807, 2.05) is 0 Å². The van der Waals surface area contributed by atoms with Crippen LogP contribution in [0.1, 0.15) is 0 Å². The fourth-order valence-corrected chi connectivity index (χ4v) is 2.93. The average molecular weight is 385 g/mol. The molecule has 0 aliphatic rings. The first kappa shape index (κ1) is 19.0. The number of hydrogen-bond donors (Lipinski definition) is 1. The number of fused-ring (bicyclic) bond motifs is 1. The number of hydrogen-bond acceptors (Lipinski definition) is 6. The van der Waals surface area contributed by atoms with Crippen LogP contribution in [0.15, 0.2) is 42.6 Å². The lowest BCUT2D eigenvalue weighted by molar-refractivity contribution is -0.384. The minimum absolute atomic E-state index is 0.0126. The van der Waals surface area contributed by atoms with Gasteiger partial charge in [0.05, 0.1) is 31.8 Å². The molecule has 1 heterocycles. The number of aromatic nitrogens is 1. The largest absolute Gasteiger partial charge is 0.493 e. The predicted molar refractivity (Wildman–Crippen MR) is 103 cm³/mol. The number of carbonyl (C=O) groups excluding carboxylic acids is 1. The minimum atomic E-state index is -0.466. The Morgan fingerprint density at radius 3 is 2.32 bits per heavy atom. The number of amides is 1. The molecule has 0 bridgehead atoms. The molecule has 1 amide bonds. The van der Waals surface area contributed by atoms with Crippen molar-refractivity contribution in [3.8, 4) is 17.2 Å². The monoisotopic (exact) mass is 385 g/mol. The van der Waals surface area contributed by atoms with Crippen LogP contribution >= 0.6 is 0 Å². The van der Waals surface area contributed by atoms with Crippen LogP contribution in [0.5, 0.6) is 17.2 Å². The quantitative estimate of drug-likeness (QED) is 0.495. The topological polar surface area (TPSA) is 105 Å². The maximum Gasteiger partial charge on any atom is 0.271 e. The highest BCUT2D eigenvalue weighted by molar-refractivity contribution is 5.93. The van der Waals surface area contributed by atoms with E-state index in [0.29, 0.717) is 28.5 Å². The number of carbonyl (C=O) groups is 1. The first-order valence-corrected chi connectivity index (χ1v) is 8.30. The summed E-state index contributed by atoms with van der Waals surface area (Å²) < 4.78 is 17.5. The van der Waals surface area contributed by atoms with Crippen molar-refractivity contribution in [2.45, 2.75) is 6.54 Å². The van der Waals surface area contributed by atoms with Gasteiger partial charge in [0, 0.05) is 41.5 Å². The molecule has 3 rings (SSSR count). The van der Waals surface area contributed by atoms with Crippen molar-refractivity contribution in [3.63, 3.8) is 0 Å². The second kappa shape index (κ2) is 7.87. The summed E-state index contributed by atoms with van der Waals surface area (Å²) in [6, 6.07) is 9.58. The summed E-state index contributed by atoms with van der Waals surface area (Å²) in [5.41, 5.74) is 1.05. The van der Waals surface area contributed by atoms with Crippen molar-refractivity contribution in [1.82, 2.24) is 4.57 Å². The highest BCUT2D eigenvalue weighted by Crippen LogP contribution is 2.39. The SMILES string of the molecule is COc1cc(NC(=O)Cn2ccc3ccc([N+](=O)[O-])cc32)cc(OC)c1OC. The van der Waals surface area contributed by atoms with Crippen molar-refractivity contribution >= 4 is 28.2 Å². The lowest BCUT2D eigenvalue weighted by Gasteiger charge is -2.15. The van der Waals surface area contributed by atoms with E-state index in [2.05, 4.69) is 5.32 Å².